The molecule has 1 aromatic rings. The Labute approximate surface area is 109 Å². The summed E-state index contributed by atoms with van der Waals surface area (Å²) in [4.78, 5) is 0. The summed E-state index contributed by atoms with van der Waals surface area (Å²) in [5.41, 5.74) is 1.16. The summed E-state index contributed by atoms with van der Waals surface area (Å²) in [7, 11) is 0. The minimum atomic E-state index is 0.524. The molecule has 1 unspecified atom stereocenters. The van der Waals surface area contributed by atoms with Gasteiger partial charge in [-0.1, -0.05) is 35.7 Å². The Morgan fingerprint density at radius 1 is 1.33 bits per heavy atom. The summed E-state index contributed by atoms with van der Waals surface area (Å²) in [5.74, 6) is 0. The molecule has 1 N–H and O–H groups in total. The van der Waals surface area contributed by atoms with E-state index < -0.39 is 0 Å². The molecule has 0 radical (unpaired) electrons. The Balaban J connectivity index is 2.59. The first-order chi connectivity index (χ1) is 7.13. The minimum absolute atomic E-state index is 0.524. The van der Waals surface area contributed by atoms with E-state index in [2.05, 4.69) is 63.2 Å². The molecule has 0 fully saturated rings. The molecule has 1 rings (SSSR count). The second kappa shape index (κ2) is 6.54. The number of halogens is 2. The molecule has 0 aliphatic heterocycles. The van der Waals surface area contributed by atoms with Gasteiger partial charge in [-0.3, -0.25) is 0 Å². The Morgan fingerprint density at radius 2 is 2.07 bits per heavy atom. The summed E-state index contributed by atoms with van der Waals surface area (Å²) in [6.45, 7) is 4.45. The summed E-state index contributed by atoms with van der Waals surface area (Å²) in [6, 6.07) is 6.72. The summed E-state index contributed by atoms with van der Waals surface area (Å²) in [6.07, 6.45) is 3.75. The van der Waals surface area contributed by atoms with E-state index in [1.165, 1.54) is 19.3 Å². The molecular weight excluding hydrogens is 318 g/mol. The molecule has 1 aromatic carbocycles. The molecule has 0 heterocycles. The molecule has 0 aliphatic carbocycles. The van der Waals surface area contributed by atoms with Crippen molar-refractivity contribution in [2.75, 3.05) is 5.32 Å². The highest BCUT2D eigenvalue weighted by molar-refractivity contribution is 9.11. The maximum atomic E-state index is 3.54. The van der Waals surface area contributed by atoms with Gasteiger partial charge in [0, 0.05) is 20.7 Å². The SMILES string of the molecule is CCCCC(C)Nc1cc(Br)ccc1Br. The fraction of sp³-hybridized carbons (Fsp3) is 0.500. The predicted molar refractivity (Wildman–Crippen MR) is 74.5 cm³/mol. The largest absolute Gasteiger partial charge is 0.382 e. The summed E-state index contributed by atoms with van der Waals surface area (Å²) < 4.78 is 2.23. The van der Waals surface area contributed by atoms with E-state index in [0.29, 0.717) is 6.04 Å². The van der Waals surface area contributed by atoms with Crippen molar-refractivity contribution in [3.05, 3.63) is 27.1 Å². The highest BCUT2D eigenvalue weighted by atomic mass is 79.9. The van der Waals surface area contributed by atoms with Crippen molar-refractivity contribution in [3.63, 3.8) is 0 Å². The molecule has 0 aliphatic rings. The standard InChI is InChI=1S/C12H17Br2N/c1-3-4-5-9(2)15-12-8-10(13)6-7-11(12)14/h6-9,15H,3-5H2,1-2H3. The van der Waals surface area contributed by atoms with Crippen molar-refractivity contribution >= 4 is 37.5 Å². The average molecular weight is 335 g/mol. The summed E-state index contributed by atoms with van der Waals surface area (Å²) >= 11 is 7.02. The molecule has 0 amide bonds. The van der Waals surface area contributed by atoms with Crippen LogP contribution in [0.4, 0.5) is 5.69 Å². The van der Waals surface area contributed by atoms with Crippen molar-refractivity contribution in [2.45, 2.75) is 39.2 Å². The van der Waals surface area contributed by atoms with E-state index in [0.717, 1.165) is 14.6 Å². The van der Waals surface area contributed by atoms with Crippen LogP contribution in [0.1, 0.15) is 33.1 Å². The van der Waals surface area contributed by atoms with Gasteiger partial charge in [0.05, 0.1) is 0 Å². The molecule has 15 heavy (non-hydrogen) atoms. The van der Waals surface area contributed by atoms with Crippen LogP contribution in [0.5, 0.6) is 0 Å². The van der Waals surface area contributed by atoms with Gasteiger partial charge in [-0.05, 0) is 47.5 Å². The first kappa shape index (κ1) is 13.0. The van der Waals surface area contributed by atoms with Crippen molar-refractivity contribution < 1.29 is 0 Å². The summed E-state index contributed by atoms with van der Waals surface area (Å²) in [5, 5.41) is 3.51. The minimum Gasteiger partial charge on any atom is -0.382 e. The number of anilines is 1. The van der Waals surface area contributed by atoms with Gasteiger partial charge in [0.15, 0.2) is 0 Å². The van der Waals surface area contributed by atoms with E-state index >= 15 is 0 Å². The highest BCUT2D eigenvalue weighted by Gasteiger charge is 2.04. The topological polar surface area (TPSA) is 12.0 Å². The Bertz CT molecular complexity index is 312. The fourth-order valence-corrected chi connectivity index (χ4v) is 2.18. The molecule has 0 aromatic heterocycles. The molecule has 0 saturated heterocycles. The van der Waals surface area contributed by atoms with Gasteiger partial charge in [-0.25, -0.2) is 0 Å². The normalized spacial score (nSPS) is 12.5. The van der Waals surface area contributed by atoms with Gasteiger partial charge >= 0.3 is 0 Å². The maximum Gasteiger partial charge on any atom is 0.0497 e. The Kier molecular flexibility index (Phi) is 5.69. The monoisotopic (exact) mass is 333 g/mol. The second-order valence-corrected chi connectivity index (χ2v) is 5.58. The van der Waals surface area contributed by atoms with Crippen molar-refractivity contribution in [2.24, 2.45) is 0 Å². The molecule has 1 nitrogen and oxygen atoms in total. The third kappa shape index (κ3) is 4.56. The molecule has 0 spiro atoms. The lowest BCUT2D eigenvalue weighted by Gasteiger charge is -2.16. The lowest BCUT2D eigenvalue weighted by molar-refractivity contribution is 0.645. The zero-order valence-electron chi connectivity index (χ0n) is 9.19. The van der Waals surface area contributed by atoms with Crippen molar-refractivity contribution in [1.82, 2.24) is 0 Å². The van der Waals surface area contributed by atoms with E-state index in [-0.39, 0.29) is 0 Å². The maximum absolute atomic E-state index is 3.54. The van der Waals surface area contributed by atoms with Gasteiger partial charge in [-0.2, -0.15) is 0 Å². The lowest BCUT2D eigenvalue weighted by Crippen LogP contribution is -2.15. The van der Waals surface area contributed by atoms with Crippen LogP contribution in [0.2, 0.25) is 0 Å². The molecule has 0 saturated carbocycles. The highest BCUT2D eigenvalue weighted by Crippen LogP contribution is 2.27. The van der Waals surface area contributed by atoms with Crippen LogP contribution in [0, 0.1) is 0 Å². The van der Waals surface area contributed by atoms with E-state index in [9.17, 15) is 0 Å². The molecule has 84 valence electrons. The van der Waals surface area contributed by atoms with E-state index in [1.54, 1.807) is 0 Å². The van der Waals surface area contributed by atoms with Gasteiger partial charge in [-0.15, -0.1) is 0 Å². The van der Waals surface area contributed by atoms with Crippen LogP contribution in [0.3, 0.4) is 0 Å². The Morgan fingerprint density at radius 3 is 2.73 bits per heavy atom. The Hall–Kier alpha value is -0.0200. The third-order valence-electron chi connectivity index (χ3n) is 2.32. The zero-order valence-corrected chi connectivity index (χ0v) is 12.4. The number of rotatable bonds is 5. The fourth-order valence-electron chi connectivity index (χ4n) is 1.46. The van der Waals surface area contributed by atoms with Crippen LogP contribution < -0.4 is 5.32 Å². The quantitative estimate of drug-likeness (QED) is 0.780. The number of nitrogens with one attached hydrogen (secondary N) is 1. The van der Waals surface area contributed by atoms with Crippen LogP contribution in [-0.4, -0.2) is 6.04 Å². The van der Waals surface area contributed by atoms with Gasteiger partial charge < -0.3 is 5.32 Å². The zero-order chi connectivity index (χ0) is 11.3. The molecule has 1 atom stereocenters. The number of hydrogen-bond acceptors (Lipinski definition) is 1. The van der Waals surface area contributed by atoms with Crippen molar-refractivity contribution in [1.29, 1.82) is 0 Å². The van der Waals surface area contributed by atoms with Crippen LogP contribution in [0.25, 0.3) is 0 Å². The second-order valence-electron chi connectivity index (χ2n) is 3.81. The third-order valence-corrected chi connectivity index (χ3v) is 3.51. The molecule has 0 bridgehead atoms. The smallest absolute Gasteiger partial charge is 0.0497 e. The average Bonchev–Trinajstić information content (AvgIpc) is 2.20. The van der Waals surface area contributed by atoms with Crippen LogP contribution >= 0.6 is 31.9 Å². The van der Waals surface area contributed by atoms with Gasteiger partial charge in [0.2, 0.25) is 0 Å². The first-order valence-electron chi connectivity index (χ1n) is 5.35. The number of unbranched alkanes of at least 4 members (excludes halogenated alkanes) is 1. The number of hydrogen-bond donors (Lipinski definition) is 1. The lowest BCUT2D eigenvalue weighted by atomic mass is 10.1. The number of benzene rings is 1. The molecular formula is C12H17Br2N. The predicted octanol–water partition coefficient (Wildman–Crippen LogP) is 5.20. The van der Waals surface area contributed by atoms with Gasteiger partial charge in [0.1, 0.15) is 0 Å². The molecule has 3 heteroatoms. The van der Waals surface area contributed by atoms with Crippen LogP contribution in [-0.2, 0) is 0 Å². The van der Waals surface area contributed by atoms with Crippen molar-refractivity contribution in [3.8, 4) is 0 Å². The van der Waals surface area contributed by atoms with Gasteiger partial charge in [0.25, 0.3) is 0 Å². The van der Waals surface area contributed by atoms with E-state index in [4.69, 9.17) is 0 Å². The first-order valence-corrected chi connectivity index (χ1v) is 6.93. The van der Waals surface area contributed by atoms with E-state index in [1.807, 2.05) is 6.07 Å². The van der Waals surface area contributed by atoms with Crippen LogP contribution in [0.15, 0.2) is 27.1 Å².